The largest absolute Gasteiger partial charge is 0.0839 e. The van der Waals surface area contributed by atoms with Crippen LogP contribution in [0, 0.1) is 5.92 Å². The molecular weight excluding hydrogens is 264 g/mol. The Kier molecular flexibility index (Phi) is 4.90. The van der Waals surface area contributed by atoms with Crippen LogP contribution in [0.25, 0.3) is 0 Å². The van der Waals surface area contributed by atoms with Crippen molar-refractivity contribution in [3.05, 3.63) is 95.1 Å². The van der Waals surface area contributed by atoms with E-state index in [4.69, 9.17) is 0 Å². The summed E-state index contributed by atoms with van der Waals surface area (Å²) in [6.45, 7) is 2.26. The third kappa shape index (κ3) is 3.76. The normalized spacial score (nSPS) is 17.3. The van der Waals surface area contributed by atoms with Gasteiger partial charge in [0, 0.05) is 0 Å². The van der Waals surface area contributed by atoms with Crippen molar-refractivity contribution in [2.24, 2.45) is 5.92 Å². The summed E-state index contributed by atoms with van der Waals surface area (Å²) in [6.07, 6.45) is 11.3. The van der Waals surface area contributed by atoms with Crippen LogP contribution in [0.1, 0.15) is 36.5 Å². The topological polar surface area (TPSA) is 0 Å². The monoisotopic (exact) mass is 288 g/mol. The van der Waals surface area contributed by atoms with Crippen LogP contribution in [0.4, 0.5) is 0 Å². The minimum Gasteiger partial charge on any atom is -0.0839 e. The minimum atomic E-state index is 0.690. The van der Waals surface area contributed by atoms with Crippen LogP contribution in [0.3, 0.4) is 0 Å². The molecule has 3 rings (SSSR count). The Morgan fingerprint density at radius 1 is 0.864 bits per heavy atom. The molecule has 2 aromatic carbocycles. The zero-order valence-electron chi connectivity index (χ0n) is 13.3. The molecule has 1 unspecified atom stereocenters. The van der Waals surface area contributed by atoms with Crippen LogP contribution < -0.4 is 0 Å². The van der Waals surface area contributed by atoms with E-state index in [1.54, 1.807) is 5.57 Å². The van der Waals surface area contributed by atoms with E-state index in [0.717, 1.165) is 12.8 Å². The van der Waals surface area contributed by atoms with Gasteiger partial charge in [0.05, 0.1) is 0 Å². The Balaban J connectivity index is 1.64. The van der Waals surface area contributed by atoms with Crippen molar-refractivity contribution in [3.63, 3.8) is 0 Å². The molecule has 0 saturated carbocycles. The first kappa shape index (κ1) is 14.8. The van der Waals surface area contributed by atoms with Crippen LogP contribution in [-0.4, -0.2) is 0 Å². The van der Waals surface area contributed by atoms with Gasteiger partial charge in [-0.2, -0.15) is 0 Å². The molecule has 0 heterocycles. The Morgan fingerprint density at radius 3 is 2.27 bits per heavy atom. The van der Waals surface area contributed by atoms with E-state index in [0.29, 0.717) is 5.92 Å². The zero-order valence-corrected chi connectivity index (χ0v) is 13.3. The molecule has 2 aromatic rings. The van der Waals surface area contributed by atoms with Crippen LogP contribution >= 0.6 is 0 Å². The maximum Gasteiger partial charge on any atom is -0.00258 e. The standard InChI is InChI=1S/C22H24/c1-2-21-10-6-7-11-22(21)17-20-14-12-19(13-15-20)16-18-8-4-3-5-9-18/h3-10,12-15,22H,2,11,16-17H2,1H3. The first-order chi connectivity index (χ1) is 10.8. The predicted octanol–water partition coefficient (Wildman–Crippen LogP) is 5.73. The van der Waals surface area contributed by atoms with Crippen molar-refractivity contribution in [2.45, 2.75) is 32.6 Å². The highest BCUT2D eigenvalue weighted by molar-refractivity contribution is 5.30. The highest BCUT2D eigenvalue weighted by Gasteiger charge is 2.14. The molecule has 0 aromatic heterocycles. The summed E-state index contributed by atoms with van der Waals surface area (Å²) >= 11 is 0. The summed E-state index contributed by atoms with van der Waals surface area (Å²) in [5.74, 6) is 0.690. The lowest BCUT2D eigenvalue weighted by molar-refractivity contribution is 0.593. The van der Waals surface area contributed by atoms with Gasteiger partial charge in [0.15, 0.2) is 0 Å². The first-order valence-corrected chi connectivity index (χ1v) is 8.32. The molecule has 0 N–H and O–H groups in total. The summed E-state index contributed by atoms with van der Waals surface area (Å²) in [5, 5.41) is 0. The van der Waals surface area contributed by atoms with Gasteiger partial charge in [-0.05, 0) is 48.3 Å². The predicted molar refractivity (Wildman–Crippen MR) is 95.0 cm³/mol. The second kappa shape index (κ2) is 7.26. The summed E-state index contributed by atoms with van der Waals surface area (Å²) in [5.41, 5.74) is 5.82. The third-order valence-electron chi connectivity index (χ3n) is 4.56. The minimum absolute atomic E-state index is 0.690. The highest BCUT2D eigenvalue weighted by Crippen LogP contribution is 2.27. The van der Waals surface area contributed by atoms with E-state index in [1.165, 1.54) is 29.5 Å². The Bertz CT molecular complexity index is 644. The van der Waals surface area contributed by atoms with Gasteiger partial charge in [0.1, 0.15) is 0 Å². The molecule has 0 saturated heterocycles. The molecule has 1 aliphatic rings. The molecule has 0 amide bonds. The van der Waals surface area contributed by atoms with Gasteiger partial charge in [-0.15, -0.1) is 0 Å². The smallest absolute Gasteiger partial charge is 0.00258 e. The van der Waals surface area contributed by atoms with Crippen molar-refractivity contribution in [3.8, 4) is 0 Å². The molecule has 0 nitrogen and oxygen atoms in total. The molecule has 0 spiro atoms. The lowest BCUT2D eigenvalue weighted by atomic mass is 9.85. The Morgan fingerprint density at radius 2 is 1.55 bits per heavy atom. The van der Waals surface area contributed by atoms with Gasteiger partial charge >= 0.3 is 0 Å². The molecule has 0 radical (unpaired) electrons. The molecule has 22 heavy (non-hydrogen) atoms. The van der Waals surface area contributed by atoms with E-state index in [9.17, 15) is 0 Å². The Labute approximate surface area is 134 Å². The summed E-state index contributed by atoms with van der Waals surface area (Å²) in [7, 11) is 0. The van der Waals surface area contributed by atoms with E-state index >= 15 is 0 Å². The van der Waals surface area contributed by atoms with E-state index < -0.39 is 0 Å². The second-order valence-corrected chi connectivity index (χ2v) is 6.14. The van der Waals surface area contributed by atoms with Crippen molar-refractivity contribution in [2.75, 3.05) is 0 Å². The molecule has 112 valence electrons. The summed E-state index contributed by atoms with van der Waals surface area (Å²) < 4.78 is 0. The lowest BCUT2D eigenvalue weighted by Crippen LogP contribution is -2.09. The van der Waals surface area contributed by atoms with Crippen LogP contribution in [-0.2, 0) is 12.8 Å². The first-order valence-electron chi connectivity index (χ1n) is 8.32. The average Bonchev–Trinajstić information content (AvgIpc) is 2.58. The SMILES string of the molecule is CCC1=CC=CCC1Cc1ccc(Cc2ccccc2)cc1. The third-order valence-corrected chi connectivity index (χ3v) is 4.56. The van der Waals surface area contributed by atoms with Gasteiger partial charge < -0.3 is 0 Å². The summed E-state index contributed by atoms with van der Waals surface area (Å²) in [6, 6.07) is 19.9. The van der Waals surface area contributed by atoms with Crippen molar-refractivity contribution >= 4 is 0 Å². The maximum atomic E-state index is 2.31. The quantitative estimate of drug-likeness (QED) is 0.659. The van der Waals surface area contributed by atoms with Crippen molar-refractivity contribution in [1.82, 2.24) is 0 Å². The fourth-order valence-corrected chi connectivity index (χ4v) is 3.25. The van der Waals surface area contributed by atoms with Gasteiger partial charge in [-0.3, -0.25) is 0 Å². The lowest BCUT2D eigenvalue weighted by Gasteiger charge is -2.20. The van der Waals surface area contributed by atoms with Crippen LogP contribution in [0.2, 0.25) is 0 Å². The number of allylic oxidation sites excluding steroid dienone is 4. The van der Waals surface area contributed by atoms with Crippen molar-refractivity contribution in [1.29, 1.82) is 0 Å². The van der Waals surface area contributed by atoms with Gasteiger partial charge in [-0.25, -0.2) is 0 Å². The van der Waals surface area contributed by atoms with Crippen LogP contribution in [0.15, 0.2) is 78.4 Å². The van der Waals surface area contributed by atoms with Gasteiger partial charge in [-0.1, -0.05) is 85.3 Å². The number of benzene rings is 2. The fraction of sp³-hybridized carbons (Fsp3) is 0.273. The van der Waals surface area contributed by atoms with E-state index in [-0.39, 0.29) is 0 Å². The fourth-order valence-electron chi connectivity index (χ4n) is 3.25. The van der Waals surface area contributed by atoms with Crippen molar-refractivity contribution < 1.29 is 0 Å². The second-order valence-electron chi connectivity index (χ2n) is 6.14. The number of hydrogen-bond donors (Lipinski definition) is 0. The number of hydrogen-bond acceptors (Lipinski definition) is 0. The van der Waals surface area contributed by atoms with Crippen LogP contribution in [0.5, 0.6) is 0 Å². The van der Waals surface area contributed by atoms with E-state index in [1.807, 2.05) is 0 Å². The highest BCUT2D eigenvalue weighted by atomic mass is 14.2. The van der Waals surface area contributed by atoms with Gasteiger partial charge in [0.25, 0.3) is 0 Å². The molecule has 1 atom stereocenters. The Hall–Kier alpha value is -2.08. The molecule has 0 bridgehead atoms. The average molecular weight is 288 g/mol. The summed E-state index contributed by atoms with van der Waals surface area (Å²) in [4.78, 5) is 0. The molecule has 0 aliphatic heterocycles. The molecule has 1 aliphatic carbocycles. The zero-order chi connectivity index (χ0) is 15.2. The molecule has 0 heteroatoms. The van der Waals surface area contributed by atoms with Gasteiger partial charge in [0.2, 0.25) is 0 Å². The molecular formula is C22H24. The molecule has 0 fully saturated rings. The maximum absolute atomic E-state index is 2.31. The number of rotatable bonds is 5. The van der Waals surface area contributed by atoms with E-state index in [2.05, 4.69) is 79.7 Å².